The van der Waals surface area contributed by atoms with Crippen molar-refractivity contribution in [1.82, 2.24) is 14.5 Å². The third-order valence-electron chi connectivity index (χ3n) is 11.2. The third-order valence-corrected chi connectivity index (χ3v) is 11.2. The molecule has 0 N–H and O–H groups in total. The van der Waals surface area contributed by atoms with Gasteiger partial charge >= 0.3 is 0 Å². The summed E-state index contributed by atoms with van der Waals surface area (Å²) in [6.45, 7) is 0. The van der Waals surface area contributed by atoms with E-state index < -0.39 is 0 Å². The predicted octanol–water partition coefficient (Wildman–Crippen LogP) is 14.0. The Morgan fingerprint density at radius 3 is 1.89 bits per heavy atom. The van der Waals surface area contributed by atoms with Gasteiger partial charge in [0.05, 0.1) is 22.4 Å². The van der Waals surface area contributed by atoms with Crippen LogP contribution in [0.25, 0.3) is 116 Å². The van der Waals surface area contributed by atoms with E-state index >= 15 is 0 Å². The van der Waals surface area contributed by atoms with Crippen LogP contribution in [0.15, 0.2) is 197 Å². The Labute approximate surface area is 326 Å². The molecule has 0 radical (unpaired) electrons. The van der Waals surface area contributed by atoms with Gasteiger partial charge < -0.3 is 13.4 Å². The van der Waals surface area contributed by atoms with Crippen LogP contribution in [0, 0.1) is 0 Å². The summed E-state index contributed by atoms with van der Waals surface area (Å²) in [6, 6.07) is 65.4. The quantitative estimate of drug-likeness (QED) is 0.177. The van der Waals surface area contributed by atoms with Gasteiger partial charge in [0.15, 0.2) is 5.82 Å². The maximum absolute atomic E-state index is 6.81. The average molecular weight is 730 g/mol. The summed E-state index contributed by atoms with van der Waals surface area (Å²) in [5, 5.41) is 6.59. The highest BCUT2D eigenvalue weighted by molar-refractivity contribution is 6.16. The van der Waals surface area contributed by atoms with Crippen LogP contribution in [-0.4, -0.2) is 14.5 Å². The summed E-state index contributed by atoms with van der Waals surface area (Å²) < 4.78 is 15.4. The van der Waals surface area contributed by atoms with Gasteiger partial charge in [-0.05, 0) is 66.2 Å². The van der Waals surface area contributed by atoms with Crippen molar-refractivity contribution in [1.29, 1.82) is 0 Å². The van der Waals surface area contributed by atoms with E-state index in [4.69, 9.17) is 18.8 Å². The molecule has 0 atom stereocenters. The molecular formula is C52H31N3O2. The number of furan rings is 2. The Morgan fingerprint density at radius 2 is 1.02 bits per heavy atom. The third kappa shape index (κ3) is 4.96. The number of hydrogen-bond acceptors (Lipinski definition) is 4. The van der Waals surface area contributed by atoms with Gasteiger partial charge in [0.25, 0.3) is 0 Å². The van der Waals surface area contributed by atoms with Crippen LogP contribution in [0.3, 0.4) is 0 Å². The Kier molecular flexibility index (Phi) is 6.86. The highest BCUT2D eigenvalue weighted by atomic mass is 16.3. The predicted molar refractivity (Wildman–Crippen MR) is 233 cm³/mol. The minimum absolute atomic E-state index is 0.630. The number of benzene rings is 8. The molecular weight excluding hydrogens is 699 g/mol. The number of fused-ring (bicyclic) bond motifs is 9. The van der Waals surface area contributed by atoms with Gasteiger partial charge in [-0.3, -0.25) is 0 Å². The lowest BCUT2D eigenvalue weighted by Crippen LogP contribution is -1.96. The van der Waals surface area contributed by atoms with Gasteiger partial charge in [0, 0.05) is 60.3 Å². The van der Waals surface area contributed by atoms with Gasteiger partial charge in [-0.15, -0.1) is 0 Å². The molecule has 12 aromatic rings. The molecule has 5 heteroatoms. The van der Waals surface area contributed by atoms with E-state index in [1.165, 1.54) is 16.3 Å². The van der Waals surface area contributed by atoms with Crippen molar-refractivity contribution in [3.63, 3.8) is 0 Å². The standard InChI is InChI=1S/C52H31N3O2/c1-3-13-32(14-4-1)43-31-44(34-25-27-39-38-18-8-10-23-47(38)56-49(39)30-34)54-52(53-43)41-21-12-24-48-50(41)40-20-11-19-36(51(40)57-48)33-26-28-46-42(29-33)37-17-7-9-22-45(37)55(46)35-15-5-2-6-16-35/h1-31H. The molecule has 8 aromatic carbocycles. The van der Waals surface area contributed by atoms with Crippen molar-refractivity contribution in [3.05, 3.63) is 188 Å². The number of para-hydroxylation sites is 4. The van der Waals surface area contributed by atoms with E-state index in [1.807, 2.05) is 48.5 Å². The maximum Gasteiger partial charge on any atom is 0.161 e. The van der Waals surface area contributed by atoms with Crippen LogP contribution in [0.5, 0.6) is 0 Å². The van der Waals surface area contributed by atoms with E-state index in [-0.39, 0.29) is 0 Å². The van der Waals surface area contributed by atoms with Crippen LogP contribution < -0.4 is 0 Å². The number of aromatic nitrogens is 3. The van der Waals surface area contributed by atoms with Crippen molar-refractivity contribution < 1.29 is 8.83 Å². The second-order valence-corrected chi connectivity index (χ2v) is 14.5. The molecule has 0 aliphatic carbocycles. The zero-order valence-corrected chi connectivity index (χ0v) is 30.6. The summed E-state index contributed by atoms with van der Waals surface area (Å²) in [7, 11) is 0. The van der Waals surface area contributed by atoms with Gasteiger partial charge in [0.1, 0.15) is 22.3 Å². The molecule has 0 fully saturated rings. The summed E-state index contributed by atoms with van der Waals surface area (Å²) in [4.78, 5) is 10.5. The van der Waals surface area contributed by atoms with Crippen LogP contribution >= 0.6 is 0 Å². The minimum atomic E-state index is 0.630. The van der Waals surface area contributed by atoms with Crippen molar-refractivity contribution in [2.45, 2.75) is 0 Å². The molecule has 5 nitrogen and oxygen atoms in total. The lowest BCUT2D eigenvalue weighted by Gasteiger charge is -2.10. The zero-order chi connectivity index (χ0) is 37.5. The molecule has 0 aliphatic rings. The molecule has 0 spiro atoms. The minimum Gasteiger partial charge on any atom is -0.456 e. The van der Waals surface area contributed by atoms with Gasteiger partial charge in [-0.2, -0.15) is 0 Å². The first kappa shape index (κ1) is 31.6. The summed E-state index contributed by atoms with van der Waals surface area (Å²) >= 11 is 0. The topological polar surface area (TPSA) is 57.0 Å². The van der Waals surface area contributed by atoms with Crippen molar-refractivity contribution >= 4 is 65.7 Å². The monoisotopic (exact) mass is 729 g/mol. The molecule has 0 amide bonds. The Morgan fingerprint density at radius 1 is 0.368 bits per heavy atom. The highest BCUT2D eigenvalue weighted by Gasteiger charge is 2.20. The first-order valence-corrected chi connectivity index (χ1v) is 19.1. The maximum atomic E-state index is 6.81. The first-order valence-electron chi connectivity index (χ1n) is 19.1. The molecule has 4 aromatic heterocycles. The van der Waals surface area contributed by atoms with Crippen molar-refractivity contribution in [2.24, 2.45) is 0 Å². The molecule has 12 rings (SSSR count). The van der Waals surface area contributed by atoms with E-state index in [0.29, 0.717) is 5.82 Å². The number of rotatable bonds is 5. The molecule has 0 unspecified atom stereocenters. The second kappa shape index (κ2) is 12.4. The van der Waals surface area contributed by atoms with Gasteiger partial charge in [-0.1, -0.05) is 127 Å². The van der Waals surface area contributed by atoms with E-state index in [2.05, 4.69) is 144 Å². The van der Waals surface area contributed by atoms with Crippen molar-refractivity contribution in [2.75, 3.05) is 0 Å². The Balaban J connectivity index is 1.04. The Hall–Kier alpha value is -7.76. The highest BCUT2D eigenvalue weighted by Crippen LogP contribution is 2.42. The smallest absolute Gasteiger partial charge is 0.161 e. The molecule has 0 bridgehead atoms. The summed E-state index contributed by atoms with van der Waals surface area (Å²) in [5.41, 5.74) is 13.5. The van der Waals surface area contributed by atoms with Crippen molar-refractivity contribution in [3.8, 4) is 50.7 Å². The molecule has 266 valence electrons. The van der Waals surface area contributed by atoms with Crippen LogP contribution in [0.1, 0.15) is 0 Å². The largest absolute Gasteiger partial charge is 0.456 e. The second-order valence-electron chi connectivity index (χ2n) is 14.5. The summed E-state index contributed by atoms with van der Waals surface area (Å²) in [6.07, 6.45) is 0. The van der Waals surface area contributed by atoms with E-state index in [9.17, 15) is 0 Å². The molecule has 4 heterocycles. The van der Waals surface area contributed by atoms with Crippen LogP contribution in [0.2, 0.25) is 0 Å². The average Bonchev–Trinajstić information content (AvgIpc) is 3.96. The lowest BCUT2D eigenvalue weighted by atomic mass is 9.98. The fourth-order valence-corrected chi connectivity index (χ4v) is 8.61. The number of nitrogens with zero attached hydrogens (tertiary/aromatic N) is 3. The SMILES string of the molecule is c1ccc(-c2cc(-c3ccc4c(c3)oc3ccccc34)nc(-c3cccc4oc5c(-c6ccc7c(c6)c6ccccc6n7-c6ccccc6)cccc5c34)n2)cc1. The molecule has 0 aliphatic heterocycles. The lowest BCUT2D eigenvalue weighted by molar-refractivity contribution is 0.669. The van der Waals surface area contributed by atoms with E-state index in [1.54, 1.807) is 0 Å². The van der Waals surface area contributed by atoms with Gasteiger partial charge in [-0.25, -0.2) is 9.97 Å². The first-order chi connectivity index (χ1) is 28.2. The normalized spacial score (nSPS) is 11.9. The number of hydrogen-bond donors (Lipinski definition) is 0. The fraction of sp³-hybridized carbons (Fsp3) is 0. The van der Waals surface area contributed by atoms with Crippen LogP contribution in [-0.2, 0) is 0 Å². The zero-order valence-electron chi connectivity index (χ0n) is 30.6. The van der Waals surface area contributed by atoms with Gasteiger partial charge in [0.2, 0.25) is 0 Å². The molecule has 0 saturated carbocycles. The van der Waals surface area contributed by atoms with Crippen LogP contribution in [0.4, 0.5) is 0 Å². The summed E-state index contributed by atoms with van der Waals surface area (Å²) in [5.74, 6) is 0.630. The fourth-order valence-electron chi connectivity index (χ4n) is 8.61. The Bertz CT molecular complexity index is 3520. The van der Waals surface area contributed by atoms with E-state index in [0.717, 1.165) is 94.3 Å². The molecule has 57 heavy (non-hydrogen) atoms. The molecule has 0 saturated heterocycles.